The first-order valence-corrected chi connectivity index (χ1v) is 12.4. The minimum atomic E-state index is -0.201. The van der Waals surface area contributed by atoms with Crippen molar-refractivity contribution in [2.75, 3.05) is 29.9 Å². The Hall–Kier alpha value is -3.31. The van der Waals surface area contributed by atoms with Crippen LogP contribution in [0.15, 0.2) is 60.4 Å². The van der Waals surface area contributed by atoms with Crippen molar-refractivity contribution in [3.8, 4) is 0 Å². The summed E-state index contributed by atoms with van der Waals surface area (Å²) in [6.45, 7) is 7.71. The Labute approximate surface area is 211 Å². The van der Waals surface area contributed by atoms with Crippen LogP contribution in [0.25, 0.3) is 16.6 Å². The van der Waals surface area contributed by atoms with Crippen LogP contribution in [0.1, 0.15) is 35.1 Å². The molecule has 2 aromatic carbocycles. The molecule has 0 aliphatic carbocycles. The molecule has 1 saturated heterocycles. The standard InChI is InChI=1S/C29H30ClFN4/c1-18-15-24(30)29(33-16-18)35-14-6-9-21(17-35)28(34(4)27-19(2)7-5-8-20(27)3)23-10-11-25-22(26(23)31)12-13-32-25/h5,7-8,10-13,15-16,32H,6,9,14,17H2,1-4H3/b28-21+. The quantitative estimate of drug-likeness (QED) is 0.324. The maximum Gasteiger partial charge on any atom is 0.147 e. The molecule has 0 unspecified atom stereocenters. The minimum Gasteiger partial charge on any atom is -0.361 e. The highest BCUT2D eigenvalue weighted by atomic mass is 35.5. The highest BCUT2D eigenvalue weighted by Gasteiger charge is 2.26. The van der Waals surface area contributed by atoms with Gasteiger partial charge < -0.3 is 14.8 Å². The van der Waals surface area contributed by atoms with E-state index in [4.69, 9.17) is 11.6 Å². The van der Waals surface area contributed by atoms with Gasteiger partial charge in [-0.05, 0) is 80.1 Å². The number of piperidine rings is 1. The van der Waals surface area contributed by atoms with E-state index in [9.17, 15) is 0 Å². The zero-order valence-corrected chi connectivity index (χ0v) is 21.4. The molecule has 4 aromatic rings. The van der Waals surface area contributed by atoms with E-state index in [2.05, 4.69) is 58.9 Å². The molecule has 0 spiro atoms. The van der Waals surface area contributed by atoms with E-state index < -0.39 is 0 Å². The number of fused-ring (bicyclic) bond motifs is 1. The third-order valence-electron chi connectivity index (χ3n) is 6.92. The lowest BCUT2D eigenvalue weighted by Crippen LogP contribution is -2.34. The second-order valence-corrected chi connectivity index (χ2v) is 9.87. The molecule has 0 atom stereocenters. The van der Waals surface area contributed by atoms with Crippen LogP contribution in [-0.4, -0.2) is 30.1 Å². The van der Waals surface area contributed by atoms with Gasteiger partial charge in [0.25, 0.3) is 0 Å². The summed E-state index contributed by atoms with van der Waals surface area (Å²) < 4.78 is 16.0. The van der Waals surface area contributed by atoms with Crippen LogP contribution in [0.4, 0.5) is 15.9 Å². The van der Waals surface area contributed by atoms with Crippen molar-refractivity contribution in [3.63, 3.8) is 0 Å². The molecule has 3 heterocycles. The van der Waals surface area contributed by atoms with Crippen molar-refractivity contribution in [2.45, 2.75) is 33.6 Å². The lowest BCUT2D eigenvalue weighted by molar-refractivity contribution is 0.633. The first-order valence-electron chi connectivity index (χ1n) is 12.0. The molecule has 1 fully saturated rings. The predicted molar refractivity (Wildman–Crippen MR) is 145 cm³/mol. The van der Waals surface area contributed by atoms with Crippen LogP contribution in [0.3, 0.4) is 0 Å². The molecule has 180 valence electrons. The maximum absolute atomic E-state index is 16.0. The number of aromatic amines is 1. The highest BCUT2D eigenvalue weighted by Crippen LogP contribution is 2.38. The molecule has 1 aliphatic heterocycles. The Kier molecular flexibility index (Phi) is 6.28. The molecule has 0 bridgehead atoms. The number of nitrogens with one attached hydrogen (secondary N) is 1. The smallest absolute Gasteiger partial charge is 0.147 e. The van der Waals surface area contributed by atoms with Gasteiger partial charge in [0.15, 0.2) is 0 Å². The monoisotopic (exact) mass is 488 g/mol. The number of benzene rings is 2. The molecule has 1 aliphatic rings. The SMILES string of the molecule is Cc1cnc(N2CCC/C(=C(/c3ccc4[nH]ccc4c3F)N(C)c3c(C)cccc3C)C2)c(Cl)c1. The second kappa shape index (κ2) is 9.38. The van der Waals surface area contributed by atoms with Gasteiger partial charge in [-0.25, -0.2) is 9.37 Å². The molecule has 4 nitrogen and oxygen atoms in total. The van der Waals surface area contributed by atoms with E-state index in [0.717, 1.165) is 58.8 Å². The van der Waals surface area contributed by atoms with Gasteiger partial charge in [0.05, 0.1) is 10.7 Å². The van der Waals surface area contributed by atoms with E-state index in [0.29, 0.717) is 22.5 Å². The molecular weight excluding hydrogens is 459 g/mol. The first kappa shape index (κ1) is 23.4. The molecule has 0 saturated carbocycles. The van der Waals surface area contributed by atoms with Gasteiger partial charge in [0, 0.05) is 54.7 Å². The topological polar surface area (TPSA) is 35.2 Å². The van der Waals surface area contributed by atoms with Gasteiger partial charge in [-0.2, -0.15) is 0 Å². The van der Waals surface area contributed by atoms with Crippen molar-refractivity contribution in [2.24, 2.45) is 0 Å². The van der Waals surface area contributed by atoms with E-state index in [-0.39, 0.29) is 5.82 Å². The normalized spacial score (nSPS) is 15.5. The number of aromatic nitrogens is 2. The first-order chi connectivity index (χ1) is 16.8. The van der Waals surface area contributed by atoms with Crippen LogP contribution in [0.5, 0.6) is 0 Å². The lowest BCUT2D eigenvalue weighted by Gasteiger charge is -2.35. The molecule has 0 radical (unpaired) electrons. The van der Waals surface area contributed by atoms with Crippen LogP contribution in [-0.2, 0) is 0 Å². The summed E-state index contributed by atoms with van der Waals surface area (Å²) >= 11 is 6.59. The fourth-order valence-corrected chi connectivity index (χ4v) is 5.68. The number of para-hydroxylation sites is 1. The molecule has 1 N–H and O–H groups in total. The van der Waals surface area contributed by atoms with Crippen LogP contribution >= 0.6 is 11.6 Å². The van der Waals surface area contributed by atoms with Crippen molar-refractivity contribution in [1.82, 2.24) is 9.97 Å². The van der Waals surface area contributed by atoms with Gasteiger partial charge in [-0.15, -0.1) is 0 Å². The van der Waals surface area contributed by atoms with E-state index >= 15 is 4.39 Å². The van der Waals surface area contributed by atoms with Gasteiger partial charge in [0.1, 0.15) is 11.6 Å². The summed E-state index contributed by atoms with van der Waals surface area (Å²) in [5.41, 5.74) is 7.95. The van der Waals surface area contributed by atoms with Gasteiger partial charge in [-0.1, -0.05) is 29.8 Å². The molecular formula is C29H30ClFN4. The molecule has 2 aromatic heterocycles. The predicted octanol–water partition coefficient (Wildman–Crippen LogP) is 7.43. The van der Waals surface area contributed by atoms with Crippen LogP contribution in [0, 0.1) is 26.6 Å². The minimum absolute atomic E-state index is 0.201. The number of rotatable bonds is 4. The number of nitrogens with zero attached hydrogens (tertiary/aromatic N) is 3. The van der Waals surface area contributed by atoms with Gasteiger partial charge in [0.2, 0.25) is 0 Å². The summed E-state index contributed by atoms with van der Waals surface area (Å²) in [5.74, 6) is 0.582. The second-order valence-electron chi connectivity index (χ2n) is 9.46. The fraction of sp³-hybridized carbons (Fsp3) is 0.276. The zero-order valence-electron chi connectivity index (χ0n) is 20.6. The van der Waals surface area contributed by atoms with Crippen molar-refractivity contribution in [1.29, 1.82) is 0 Å². The average molecular weight is 489 g/mol. The lowest BCUT2D eigenvalue weighted by atomic mass is 9.95. The number of anilines is 2. The van der Waals surface area contributed by atoms with Gasteiger partial charge in [-0.3, -0.25) is 0 Å². The average Bonchev–Trinajstić information content (AvgIpc) is 3.31. The summed E-state index contributed by atoms with van der Waals surface area (Å²) in [4.78, 5) is 12.1. The van der Waals surface area contributed by atoms with Crippen molar-refractivity contribution in [3.05, 3.63) is 93.5 Å². The Morgan fingerprint density at radius 3 is 2.63 bits per heavy atom. The number of aryl methyl sites for hydroxylation is 3. The van der Waals surface area contributed by atoms with E-state index in [1.54, 1.807) is 12.3 Å². The third kappa shape index (κ3) is 4.30. The highest BCUT2D eigenvalue weighted by molar-refractivity contribution is 6.33. The summed E-state index contributed by atoms with van der Waals surface area (Å²) in [6.07, 6.45) is 5.46. The van der Waals surface area contributed by atoms with E-state index in [1.165, 1.54) is 5.57 Å². The Balaban J connectivity index is 1.68. The summed E-state index contributed by atoms with van der Waals surface area (Å²) in [7, 11) is 2.05. The fourth-order valence-electron chi connectivity index (χ4n) is 5.34. The molecule has 0 amide bonds. The Morgan fingerprint density at radius 1 is 1.11 bits per heavy atom. The molecule has 5 rings (SSSR count). The summed E-state index contributed by atoms with van der Waals surface area (Å²) in [5, 5.41) is 1.25. The van der Waals surface area contributed by atoms with E-state index in [1.807, 2.05) is 31.3 Å². The number of hydrogen-bond acceptors (Lipinski definition) is 3. The van der Waals surface area contributed by atoms with Crippen molar-refractivity contribution < 1.29 is 4.39 Å². The number of halogens is 2. The number of hydrogen-bond donors (Lipinski definition) is 1. The number of pyridine rings is 1. The van der Waals surface area contributed by atoms with Crippen molar-refractivity contribution >= 4 is 39.7 Å². The Bertz CT molecular complexity index is 1420. The van der Waals surface area contributed by atoms with Gasteiger partial charge >= 0.3 is 0 Å². The Morgan fingerprint density at radius 2 is 1.89 bits per heavy atom. The number of H-pyrrole nitrogens is 1. The zero-order chi connectivity index (χ0) is 24.7. The summed E-state index contributed by atoms with van der Waals surface area (Å²) in [6, 6.07) is 13.9. The third-order valence-corrected chi connectivity index (χ3v) is 7.19. The van der Waals surface area contributed by atoms with Crippen LogP contribution < -0.4 is 9.80 Å². The molecule has 35 heavy (non-hydrogen) atoms. The maximum atomic E-state index is 16.0. The van der Waals surface area contributed by atoms with Crippen LogP contribution in [0.2, 0.25) is 5.02 Å². The largest absolute Gasteiger partial charge is 0.361 e. The molecule has 6 heteroatoms.